The number of aliphatic hydroxyl groups is 1. The first-order chi connectivity index (χ1) is 8.70. The number of benzene rings is 1. The van der Waals surface area contributed by atoms with Gasteiger partial charge in [-0.1, -0.05) is 25.1 Å². The van der Waals surface area contributed by atoms with Crippen LogP contribution in [0.1, 0.15) is 34.9 Å². The highest BCUT2D eigenvalue weighted by Gasteiger charge is 2.11. The van der Waals surface area contributed by atoms with Crippen molar-refractivity contribution >= 4 is 11.3 Å². The summed E-state index contributed by atoms with van der Waals surface area (Å²) in [6.07, 6.45) is 2.04. The summed E-state index contributed by atoms with van der Waals surface area (Å²) in [6.45, 7) is 4.43. The molecule has 1 N–H and O–H groups in total. The van der Waals surface area contributed by atoms with Crippen LogP contribution in [0.25, 0.3) is 0 Å². The van der Waals surface area contributed by atoms with Gasteiger partial charge in [-0.3, -0.25) is 0 Å². The highest BCUT2D eigenvalue weighted by Crippen LogP contribution is 2.27. The number of para-hydroxylation sites is 1. The third-order valence-electron chi connectivity index (χ3n) is 2.70. The Morgan fingerprint density at radius 3 is 2.83 bits per heavy atom. The molecule has 0 radical (unpaired) electrons. The van der Waals surface area contributed by atoms with Crippen LogP contribution in [0.5, 0.6) is 5.75 Å². The van der Waals surface area contributed by atoms with E-state index in [0.29, 0.717) is 13.0 Å². The van der Waals surface area contributed by atoms with Gasteiger partial charge in [0.15, 0.2) is 0 Å². The molecule has 0 unspecified atom stereocenters. The molecule has 0 aliphatic heterocycles. The average Bonchev–Trinajstić information content (AvgIpc) is 2.81. The fourth-order valence-corrected chi connectivity index (χ4v) is 2.44. The van der Waals surface area contributed by atoms with Crippen molar-refractivity contribution in [2.45, 2.75) is 33.0 Å². The normalized spacial score (nSPS) is 12.4. The molecule has 4 heteroatoms. The summed E-state index contributed by atoms with van der Waals surface area (Å²) < 4.78 is 5.77. The molecule has 0 fully saturated rings. The number of ether oxygens (including phenoxy) is 1. The van der Waals surface area contributed by atoms with Gasteiger partial charge in [-0.15, -0.1) is 11.3 Å². The lowest BCUT2D eigenvalue weighted by molar-refractivity contribution is 0.166. The standard InChI is InChI=1S/C14H17NO2S/c1-3-13(16)12-6-4-5-7-14(12)17-9-11-8-15-10(2)18-11/h4-8,13,16H,3,9H2,1-2H3/t13-/m0/s1. The van der Waals surface area contributed by atoms with Crippen LogP contribution in [0.4, 0.5) is 0 Å². The topological polar surface area (TPSA) is 42.4 Å². The second-order valence-electron chi connectivity index (χ2n) is 4.10. The lowest BCUT2D eigenvalue weighted by Gasteiger charge is -2.14. The van der Waals surface area contributed by atoms with Crippen molar-refractivity contribution in [2.24, 2.45) is 0 Å². The predicted molar refractivity (Wildman–Crippen MR) is 72.9 cm³/mol. The van der Waals surface area contributed by atoms with E-state index in [1.807, 2.05) is 44.3 Å². The number of rotatable bonds is 5. The molecule has 1 atom stereocenters. The highest BCUT2D eigenvalue weighted by atomic mass is 32.1. The zero-order valence-electron chi connectivity index (χ0n) is 10.6. The molecular formula is C14H17NO2S. The van der Waals surface area contributed by atoms with E-state index in [0.717, 1.165) is 21.2 Å². The van der Waals surface area contributed by atoms with Gasteiger partial charge in [0.2, 0.25) is 0 Å². The zero-order chi connectivity index (χ0) is 13.0. The third kappa shape index (κ3) is 3.09. The van der Waals surface area contributed by atoms with Gasteiger partial charge in [0, 0.05) is 11.8 Å². The summed E-state index contributed by atoms with van der Waals surface area (Å²) in [7, 11) is 0. The smallest absolute Gasteiger partial charge is 0.125 e. The second kappa shape index (κ2) is 5.98. The predicted octanol–water partition coefficient (Wildman–Crippen LogP) is 3.47. The highest BCUT2D eigenvalue weighted by molar-refractivity contribution is 7.11. The minimum Gasteiger partial charge on any atom is -0.488 e. The number of thiazole rings is 1. The molecule has 18 heavy (non-hydrogen) atoms. The fraction of sp³-hybridized carbons (Fsp3) is 0.357. The summed E-state index contributed by atoms with van der Waals surface area (Å²) in [5.74, 6) is 0.748. The van der Waals surface area contributed by atoms with Gasteiger partial charge in [0.25, 0.3) is 0 Å². The molecule has 0 bridgehead atoms. The third-order valence-corrected chi connectivity index (χ3v) is 3.59. The van der Waals surface area contributed by atoms with Crippen LogP contribution in [0.3, 0.4) is 0 Å². The zero-order valence-corrected chi connectivity index (χ0v) is 11.4. The maximum atomic E-state index is 9.92. The van der Waals surface area contributed by atoms with E-state index in [1.165, 1.54) is 0 Å². The SMILES string of the molecule is CC[C@H](O)c1ccccc1OCc1cnc(C)s1. The minimum absolute atomic E-state index is 0.468. The first-order valence-corrected chi connectivity index (χ1v) is 6.83. The summed E-state index contributed by atoms with van der Waals surface area (Å²) in [5, 5.41) is 11.0. The quantitative estimate of drug-likeness (QED) is 0.898. The molecule has 0 aliphatic rings. The first kappa shape index (κ1) is 13.1. The van der Waals surface area contributed by atoms with Gasteiger partial charge in [-0.2, -0.15) is 0 Å². The number of aliphatic hydroxyl groups excluding tert-OH is 1. The molecule has 2 rings (SSSR count). The number of hydrogen-bond acceptors (Lipinski definition) is 4. The number of nitrogens with zero attached hydrogens (tertiary/aromatic N) is 1. The molecule has 2 aromatic rings. The molecule has 96 valence electrons. The largest absolute Gasteiger partial charge is 0.488 e. The second-order valence-corrected chi connectivity index (χ2v) is 5.42. The Labute approximate surface area is 111 Å². The van der Waals surface area contributed by atoms with E-state index in [2.05, 4.69) is 4.98 Å². The Morgan fingerprint density at radius 2 is 2.17 bits per heavy atom. The lowest BCUT2D eigenvalue weighted by atomic mass is 10.1. The van der Waals surface area contributed by atoms with Gasteiger partial charge in [0.05, 0.1) is 16.0 Å². The molecule has 0 spiro atoms. The molecule has 0 saturated heterocycles. The van der Waals surface area contributed by atoms with E-state index >= 15 is 0 Å². The van der Waals surface area contributed by atoms with Gasteiger partial charge in [0.1, 0.15) is 12.4 Å². The van der Waals surface area contributed by atoms with Crippen LogP contribution in [0, 0.1) is 6.92 Å². The van der Waals surface area contributed by atoms with Crippen molar-refractivity contribution in [1.29, 1.82) is 0 Å². The number of aromatic nitrogens is 1. The molecule has 1 aromatic heterocycles. The Morgan fingerprint density at radius 1 is 1.39 bits per heavy atom. The van der Waals surface area contributed by atoms with Crippen LogP contribution in [-0.4, -0.2) is 10.1 Å². The van der Waals surface area contributed by atoms with Gasteiger partial charge in [-0.25, -0.2) is 4.98 Å². The van der Waals surface area contributed by atoms with Crippen molar-refractivity contribution in [3.05, 3.63) is 45.9 Å². The minimum atomic E-state index is -0.468. The van der Waals surface area contributed by atoms with Crippen molar-refractivity contribution in [2.75, 3.05) is 0 Å². The summed E-state index contributed by atoms with van der Waals surface area (Å²) in [5.41, 5.74) is 0.848. The van der Waals surface area contributed by atoms with E-state index in [1.54, 1.807) is 11.3 Å². The van der Waals surface area contributed by atoms with Crippen LogP contribution >= 0.6 is 11.3 Å². The van der Waals surface area contributed by atoms with Crippen LogP contribution in [0.2, 0.25) is 0 Å². The van der Waals surface area contributed by atoms with Crippen LogP contribution in [0.15, 0.2) is 30.5 Å². The summed E-state index contributed by atoms with van der Waals surface area (Å²) in [6, 6.07) is 7.63. The van der Waals surface area contributed by atoms with Crippen LogP contribution in [-0.2, 0) is 6.61 Å². The first-order valence-electron chi connectivity index (χ1n) is 6.01. The molecule has 1 heterocycles. The van der Waals surface area contributed by atoms with Gasteiger partial charge in [-0.05, 0) is 19.4 Å². The number of aryl methyl sites for hydroxylation is 1. The number of hydrogen-bond donors (Lipinski definition) is 1. The van der Waals surface area contributed by atoms with E-state index in [9.17, 15) is 5.11 Å². The Hall–Kier alpha value is -1.39. The molecular weight excluding hydrogens is 246 g/mol. The maximum Gasteiger partial charge on any atom is 0.125 e. The Bertz CT molecular complexity index is 510. The van der Waals surface area contributed by atoms with Crippen LogP contribution < -0.4 is 4.74 Å². The molecule has 3 nitrogen and oxygen atoms in total. The van der Waals surface area contributed by atoms with E-state index in [-0.39, 0.29) is 0 Å². The molecule has 1 aromatic carbocycles. The van der Waals surface area contributed by atoms with Crippen molar-refractivity contribution < 1.29 is 9.84 Å². The average molecular weight is 263 g/mol. The van der Waals surface area contributed by atoms with E-state index in [4.69, 9.17) is 4.74 Å². The van der Waals surface area contributed by atoms with E-state index < -0.39 is 6.10 Å². The van der Waals surface area contributed by atoms with Crippen molar-refractivity contribution in [1.82, 2.24) is 4.98 Å². The van der Waals surface area contributed by atoms with Crippen molar-refractivity contribution in [3.8, 4) is 5.75 Å². The lowest BCUT2D eigenvalue weighted by Crippen LogP contribution is -2.01. The molecule has 0 amide bonds. The molecule has 0 aliphatic carbocycles. The maximum absolute atomic E-state index is 9.92. The fourth-order valence-electron chi connectivity index (χ4n) is 1.73. The monoisotopic (exact) mass is 263 g/mol. The molecule has 0 saturated carbocycles. The summed E-state index contributed by atoms with van der Waals surface area (Å²) in [4.78, 5) is 5.28. The summed E-state index contributed by atoms with van der Waals surface area (Å²) >= 11 is 1.63. The Balaban J connectivity index is 2.09. The van der Waals surface area contributed by atoms with Gasteiger partial charge >= 0.3 is 0 Å². The Kier molecular flexibility index (Phi) is 4.33. The van der Waals surface area contributed by atoms with Gasteiger partial charge < -0.3 is 9.84 Å². The van der Waals surface area contributed by atoms with Crippen molar-refractivity contribution in [3.63, 3.8) is 0 Å².